The van der Waals surface area contributed by atoms with E-state index in [-0.39, 0.29) is 30.3 Å². The molecule has 0 bridgehead atoms. The third-order valence-electron chi connectivity index (χ3n) is 4.78. The summed E-state index contributed by atoms with van der Waals surface area (Å²) >= 11 is 0. The van der Waals surface area contributed by atoms with Gasteiger partial charge in [0.05, 0.1) is 5.92 Å². The molecule has 5 nitrogen and oxygen atoms in total. The first-order valence-electron chi connectivity index (χ1n) is 8.48. The lowest BCUT2D eigenvalue weighted by Gasteiger charge is -2.24. The maximum absolute atomic E-state index is 12.3. The average molecular weight is 375 g/mol. The van der Waals surface area contributed by atoms with Crippen molar-refractivity contribution in [2.24, 2.45) is 5.92 Å². The minimum Gasteiger partial charge on any atom is -0.481 e. The van der Waals surface area contributed by atoms with E-state index in [4.69, 9.17) is 5.11 Å². The van der Waals surface area contributed by atoms with Gasteiger partial charge < -0.3 is 10.4 Å². The summed E-state index contributed by atoms with van der Waals surface area (Å²) < 4.78 is 0. The van der Waals surface area contributed by atoms with Crippen LogP contribution in [0.25, 0.3) is 0 Å². The molecule has 0 saturated carbocycles. The van der Waals surface area contributed by atoms with Gasteiger partial charge in [0.25, 0.3) is 5.91 Å². The third kappa shape index (κ3) is 4.62. The SMILES string of the molecule is CC(c1cccc(NC(=O)c2ccccc2)c1)N1CCC(C(=O)O)C1.Cl. The van der Waals surface area contributed by atoms with Crippen LogP contribution >= 0.6 is 12.4 Å². The molecule has 2 N–H and O–H groups in total. The molecule has 1 aliphatic rings. The summed E-state index contributed by atoms with van der Waals surface area (Å²) in [5.74, 6) is -1.15. The fraction of sp³-hybridized carbons (Fsp3) is 0.300. The van der Waals surface area contributed by atoms with Crippen LogP contribution < -0.4 is 5.32 Å². The van der Waals surface area contributed by atoms with E-state index in [0.717, 1.165) is 17.8 Å². The molecule has 3 rings (SSSR count). The van der Waals surface area contributed by atoms with Crippen molar-refractivity contribution in [3.8, 4) is 0 Å². The Morgan fingerprint density at radius 2 is 1.88 bits per heavy atom. The number of carboxylic acid groups (broad SMARTS) is 1. The molecule has 2 unspecified atom stereocenters. The Morgan fingerprint density at radius 3 is 2.54 bits per heavy atom. The molecular weight excluding hydrogens is 352 g/mol. The zero-order valence-electron chi connectivity index (χ0n) is 14.6. The summed E-state index contributed by atoms with van der Waals surface area (Å²) in [4.78, 5) is 25.6. The summed E-state index contributed by atoms with van der Waals surface area (Å²) in [6.45, 7) is 3.41. The van der Waals surface area contributed by atoms with Gasteiger partial charge in [-0.2, -0.15) is 0 Å². The largest absolute Gasteiger partial charge is 0.481 e. The zero-order chi connectivity index (χ0) is 17.8. The first-order valence-corrected chi connectivity index (χ1v) is 8.48. The number of carbonyl (C=O) groups excluding carboxylic acids is 1. The quantitative estimate of drug-likeness (QED) is 0.834. The first kappa shape index (κ1) is 19.9. The Kier molecular flexibility index (Phi) is 6.77. The number of aliphatic carboxylic acids is 1. The van der Waals surface area contributed by atoms with Crippen molar-refractivity contribution < 1.29 is 14.7 Å². The minimum absolute atomic E-state index is 0. The van der Waals surface area contributed by atoms with Crippen LogP contribution in [-0.2, 0) is 4.79 Å². The predicted molar refractivity (Wildman–Crippen MR) is 104 cm³/mol. The molecule has 2 aromatic rings. The molecule has 1 heterocycles. The van der Waals surface area contributed by atoms with E-state index in [1.165, 1.54) is 0 Å². The van der Waals surface area contributed by atoms with Gasteiger partial charge >= 0.3 is 5.97 Å². The third-order valence-corrected chi connectivity index (χ3v) is 4.78. The Bertz CT molecular complexity index is 767. The van der Waals surface area contributed by atoms with Crippen LogP contribution in [-0.4, -0.2) is 35.0 Å². The average Bonchev–Trinajstić information content (AvgIpc) is 3.12. The molecule has 1 amide bonds. The van der Waals surface area contributed by atoms with E-state index < -0.39 is 5.97 Å². The molecule has 1 aliphatic heterocycles. The van der Waals surface area contributed by atoms with Crippen molar-refractivity contribution >= 4 is 30.0 Å². The zero-order valence-corrected chi connectivity index (χ0v) is 15.4. The van der Waals surface area contributed by atoms with E-state index >= 15 is 0 Å². The minimum atomic E-state index is -0.724. The fourth-order valence-corrected chi connectivity index (χ4v) is 3.22. The number of nitrogens with zero attached hydrogens (tertiary/aromatic N) is 1. The molecule has 6 heteroatoms. The van der Waals surface area contributed by atoms with Gasteiger partial charge in [-0.25, -0.2) is 0 Å². The summed E-state index contributed by atoms with van der Waals surface area (Å²) in [7, 11) is 0. The highest BCUT2D eigenvalue weighted by atomic mass is 35.5. The number of nitrogens with one attached hydrogen (secondary N) is 1. The highest BCUT2D eigenvalue weighted by Gasteiger charge is 2.31. The van der Waals surface area contributed by atoms with E-state index in [1.807, 2.05) is 42.5 Å². The topological polar surface area (TPSA) is 69.6 Å². The standard InChI is InChI=1S/C20H22N2O3.ClH/c1-14(22-11-10-17(13-22)20(24)25)16-8-5-9-18(12-16)21-19(23)15-6-3-2-4-7-15;/h2-9,12,14,17H,10-11,13H2,1H3,(H,21,23)(H,24,25);1H. The molecule has 138 valence electrons. The van der Waals surface area contributed by atoms with Gasteiger partial charge in [0.15, 0.2) is 0 Å². The van der Waals surface area contributed by atoms with Crippen molar-refractivity contribution in [1.82, 2.24) is 4.90 Å². The van der Waals surface area contributed by atoms with Crippen molar-refractivity contribution in [1.29, 1.82) is 0 Å². The number of hydrogen-bond acceptors (Lipinski definition) is 3. The Labute approximate surface area is 159 Å². The first-order chi connectivity index (χ1) is 12.0. The number of likely N-dealkylation sites (tertiary alicyclic amines) is 1. The van der Waals surface area contributed by atoms with Crippen LogP contribution in [0.3, 0.4) is 0 Å². The lowest BCUT2D eigenvalue weighted by atomic mass is 10.1. The Hall–Kier alpha value is -2.37. The molecule has 1 saturated heterocycles. The van der Waals surface area contributed by atoms with Gasteiger partial charge in [0.1, 0.15) is 0 Å². The molecule has 0 radical (unpaired) electrons. The molecule has 0 spiro atoms. The summed E-state index contributed by atoms with van der Waals surface area (Å²) in [5, 5.41) is 12.1. The van der Waals surface area contributed by atoms with Crippen LogP contribution in [0.2, 0.25) is 0 Å². The highest BCUT2D eigenvalue weighted by molar-refractivity contribution is 6.04. The number of amides is 1. The van der Waals surface area contributed by atoms with Gasteiger partial charge in [-0.05, 0) is 49.7 Å². The number of rotatable bonds is 5. The number of carbonyl (C=O) groups is 2. The normalized spacial score (nSPS) is 18.0. The molecule has 2 aromatic carbocycles. The van der Waals surface area contributed by atoms with Gasteiger partial charge in [-0.3, -0.25) is 14.5 Å². The summed E-state index contributed by atoms with van der Waals surface area (Å²) in [6.07, 6.45) is 0.685. The molecular formula is C20H23ClN2O3. The summed E-state index contributed by atoms with van der Waals surface area (Å²) in [5.41, 5.74) is 2.42. The van der Waals surface area contributed by atoms with E-state index in [2.05, 4.69) is 17.1 Å². The molecule has 2 atom stereocenters. The van der Waals surface area contributed by atoms with Gasteiger partial charge in [-0.1, -0.05) is 30.3 Å². The van der Waals surface area contributed by atoms with Crippen LogP contribution in [0, 0.1) is 5.92 Å². The Morgan fingerprint density at radius 1 is 1.15 bits per heavy atom. The number of hydrogen-bond donors (Lipinski definition) is 2. The molecule has 0 aliphatic carbocycles. The molecule has 0 aromatic heterocycles. The van der Waals surface area contributed by atoms with Crippen molar-refractivity contribution in [2.75, 3.05) is 18.4 Å². The number of anilines is 1. The van der Waals surface area contributed by atoms with Gasteiger partial charge in [0, 0.05) is 23.8 Å². The maximum atomic E-state index is 12.3. The van der Waals surface area contributed by atoms with Crippen molar-refractivity contribution in [3.05, 3.63) is 65.7 Å². The summed E-state index contributed by atoms with van der Waals surface area (Å²) in [6, 6.07) is 16.9. The lowest BCUT2D eigenvalue weighted by Crippen LogP contribution is -2.26. The second-order valence-corrected chi connectivity index (χ2v) is 6.44. The van der Waals surface area contributed by atoms with Crippen LogP contribution in [0.4, 0.5) is 5.69 Å². The highest BCUT2D eigenvalue weighted by Crippen LogP contribution is 2.28. The monoisotopic (exact) mass is 374 g/mol. The molecule has 1 fully saturated rings. The fourth-order valence-electron chi connectivity index (χ4n) is 3.22. The Balaban J connectivity index is 0.00000243. The van der Waals surface area contributed by atoms with Crippen LogP contribution in [0.15, 0.2) is 54.6 Å². The second kappa shape index (κ2) is 8.83. The number of halogens is 1. The van der Waals surface area contributed by atoms with E-state index in [0.29, 0.717) is 18.5 Å². The molecule has 26 heavy (non-hydrogen) atoms. The van der Waals surface area contributed by atoms with Crippen molar-refractivity contribution in [2.45, 2.75) is 19.4 Å². The van der Waals surface area contributed by atoms with Crippen LogP contribution in [0.1, 0.15) is 35.3 Å². The van der Waals surface area contributed by atoms with Crippen molar-refractivity contribution in [3.63, 3.8) is 0 Å². The maximum Gasteiger partial charge on any atom is 0.307 e. The van der Waals surface area contributed by atoms with E-state index in [1.54, 1.807) is 12.1 Å². The van der Waals surface area contributed by atoms with Gasteiger partial charge in [-0.15, -0.1) is 12.4 Å². The smallest absolute Gasteiger partial charge is 0.307 e. The van der Waals surface area contributed by atoms with Gasteiger partial charge in [0.2, 0.25) is 0 Å². The predicted octanol–water partition coefficient (Wildman–Crippen LogP) is 3.83. The second-order valence-electron chi connectivity index (χ2n) is 6.44. The lowest BCUT2D eigenvalue weighted by molar-refractivity contribution is -0.141. The number of benzene rings is 2. The van der Waals surface area contributed by atoms with Crippen LogP contribution in [0.5, 0.6) is 0 Å². The van der Waals surface area contributed by atoms with E-state index in [9.17, 15) is 9.59 Å². The number of carboxylic acids is 1.